The highest BCUT2D eigenvalue weighted by molar-refractivity contribution is 7.90. The van der Waals surface area contributed by atoms with Gasteiger partial charge in [-0.2, -0.15) is 0 Å². The van der Waals surface area contributed by atoms with Gasteiger partial charge >= 0.3 is 0 Å². The van der Waals surface area contributed by atoms with Crippen LogP contribution in [0.3, 0.4) is 0 Å². The number of ketones is 1. The number of aromatic nitrogens is 2. The highest BCUT2D eigenvalue weighted by Gasteiger charge is 2.23. The molecule has 0 radical (unpaired) electrons. The Morgan fingerprint density at radius 1 is 1.23 bits per heavy atom. The van der Waals surface area contributed by atoms with Crippen molar-refractivity contribution in [2.45, 2.75) is 44.1 Å². The summed E-state index contributed by atoms with van der Waals surface area (Å²) in [6.07, 6.45) is 4.29. The van der Waals surface area contributed by atoms with E-state index in [4.69, 9.17) is 9.47 Å². The van der Waals surface area contributed by atoms with Gasteiger partial charge in [-0.05, 0) is 38.0 Å². The van der Waals surface area contributed by atoms with E-state index in [0.29, 0.717) is 24.4 Å². The van der Waals surface area contributed by atoms with Crippen molar-refractivity contribution < 1.29 is 27.1 Å². The molecule has 1 aromatic heterocycles. The van der Waals surface area contributed by atoms with Crippen LogP contribution in [0.2, 0.25) is 0 Å². The summed E-state index contributed by atoms with van der Waals surface area (Å²) in [5.74, 6) is -0.251. The van der Waals surface area contributed by atoms with Gasteiger partial charge in [0.25, 0.3) is 0 Å². The number of benzene rings is 1. The SMILES string of the molecule is CCC(=O)CN1CCC(Oc2ncnc(Oc3ccc(S(C)(=O)=O)cc3F)c2C)CC1. The Kier molecular flexibility index (Phi) is 7.22. The van der Waals surface area contributed by atoms with E-state index >= 15 is 0 Å². The summed E-state index contributed by atoms with van der Waals surface area (Å²) < 4.78 is 49.1. The molecule has 0 saturated carbocycles. The van der Waals surface area contributed by atoms with E-state index in [1.165, 1.54) is 18.5 Å². The summed E-state index contributed by atoms with van der Waals surface area (Å²) in [6.45, 7) is 5.57. The van der Waals surface area contributed by atoms with E-state index in [1.54, 1.807) is 6.92 Å². The van der Waals surface area contributed by atoms with E-state index in [-0.39, 0.29) is 28.4 Å². The lowest BCUT2D eigenvalue weighted by Crippen LogP contribution is -2.40. The van der Waals surface area contributed by atoms with Crippen LogP contribution < -0.4 is 9.47 Å². The number of halogens is 1. The van der Waals surface area contributed by atoms with Gasteiger partial charge < -0.3 is 9.47 Å². The van der Waals surface area contributed by atoms with E-state index in [1.807, 2.05) is 6.92 Å². The molecule has 2 heterocycles. The van der Waals surface area contributed by atoms with Crippen LogP contribution in [-0.2, 0) is 14.6 Å². The van der Waals surface area contributed by atoms with E-state index < -0.39 is 15.7 Å². The first-order chi connectivity index (χ1) is 14.7. The molecule has 0 N–H and O–H groups in total. The first-order valence-corrected chi connectivity index (χ1v) is 12.0. The molecular weight excluding hydrogens is 425 g/mol. The molecule has 0 spiro atoms. The fourth-order valence-corrected chi connectivity index (χ4v) is 3.88. The minimum absolute atomic E-state index is 0.0554. The number of ether oxygens (including phenoxy) is 2. The number of sulfone groups is 1. The molecule has 3 rings (SSSR count). The van der Waals surface area contributed by atoms with E-state index in [0.717, 1.165) is 38.3 Å². The van der Waals surface area contributed by atoms with Crippen molar-refractivity contribution >= 4 is 15.6 Å². The number of carbonyl (C=O) groups excluding carboxylic acids is 1. The zero-order valence-electron chi connectivity index (χ0n) is 17.8. The van der Waals surface area contributed by atoms with Crippen LogP contribution in [0.5, 0.6) is 17.5 Å². The summed E-state index contributed by atoms with van der Waals surface area (Å²) in [4.78, 5) is 21.8. The molecule has 0 atom stereocenters. The summed E-state index contributed by atoms with van der Waals surface area (Å²) in [5.41, 5.74) is 0.512. The van der Waals surface area contributed by atoms with Crippen LogP contribution in [0.4, 0.5) is 4.39 Å². The van der Waals surface area contributed by atoms with Gasteiger partial charge in [-0.3, -0.25) is 9.69 Å². The van der Waals surface area contributed by atoms with Crippen molar-refractivity contribution in [3.63, 3.8) is 0 Å². The van der Waals surface area contributed by atoms with Crippen molar-refractivity contribution in [1.29, 1.82) is 0 Å². The number of Topliss-reactive ketones (excluding diaryl/α,β-unsaturated/α-hetero) is 1. The maximum atomic E-state index is 14.3. The summed E-state index contributed by atoms with van der Waals surface area (Å²) in [7, 11) is -3.52. The highest BCUT2D eigenvalue weighted by Crippen LogP contribution is 2.31. The zero-order valence-corrected chi connectivity index (χ0v) is 18.6. The molecule has 1 aliphatic heterocycles. The average Bonchev–Trinajstić information content (AvgIpc) is 2.72. The third-order valence-electron chi connectivity index (χ3n) is 5.14. The minimum atomic E-state index is -3.52. The van der Waals surface area contributed by atoms with Crippen LogP contribution in [0.1, 0.15) is 31.7 Å². The molecule has 1 saturated heterocycles. The standard InChI is InChI=1S/C21H26FN3O5S/c1-4-15(26)12-25-9-7-16(8-10-25)29-20-14(2)21(24-13-23-20)30-19-6-5-17(11-18(19)22)31(3,27)28/h5-6,11,13,16H,4,7-10,12H2,1-3H3. The molecule has 1 aromatic carbocycles. The Morgan fingerprint density at radius 3 is 2.52 bits per heavy atom. The van der Waals surface area contributed by atoms with Crippen LogP contribution in [0, 0.1) is 12.7 Å². The normalized spacial score (nSPS) is 15.6. The molecule has 10 heteroatoms. The number of likely N-dealkylation sites (tertiary alicyclic amines) is 1. The van der Waals surface area contributed by atoms with Crippen molar-refractivity contribution in [1.82, 2.24) is 14.9 Å². The average molecular weight is 452 g/mol. The van der Waals surface area contributed by atoms with E-state index in [2.05, 4.69) is 14.9 Å². The lowest BCUT2D eigenvalue weighted by molar-refractivity contribution is -0.120. The molecule has 31 heavy (non-hydrogen) atoms. The molecule has 2 aromatic rings. The second kappa shape index (κ2) is 9.69. The third-order valence-corrected chi connectivity index (χ3v) is 6.25. The Balaban J connectivity index is 1.67. The first kappa shape index (κ1) is 23.1. The summed E-state index contributed by atoms with van der Waals surface area (Å²) in [5, 5.41) is 0. The number of hydrogen-bond donors (Lipinski definition) is 0. The van der Waals surface area contributed by atoms with Crippen molar-refractivity contribution in [3.05, 3.63) is 35.9 Å². The predicted molar refractivity (Wildman–Crippen MR) is 112 cm³/mol. The summed E-state index contributed by atoms with van der Waals surface area (Å²) in [6, 6.07) is 3.44. The highest BCUT2D eigenvalue weighted by atomic mass is 32.2. The quantitative estimate of drug-likeness (QED) is 0.604. The molecule has 0 bridgehead atoms. The number of hydrogen-bond acceptors (Lipinski definition) is 8. The van der Waals surface area contributed by atoms with Crippen LogP contribution in [-0.4, -0.2) is 61.1 Å². The third kappa shape index (κ3) is 5.98. The topological polar surface area (TPSA) is 98.7 Å². The molecular formula is C21H26FN3O5S. The Morgan fingerprint density at radius 2 is 1.90 bits per heavy atom. The molecule has 0 unspecified atom stereocenters. The molecule has 0 amide bonds. The van der Waals surface area contributed by atoms with Gasteiger partial charge in [0.05, 0.1) is 17.0 Å². The molecule has 1 fully saturated rings. The predicted octanol–water partition coefficient (Wildman–Crippen LogP) is 2.94. The molecule has 1 aliphatic rings. The van der Waals surface area contributed by atoms with E-state index in [9.17, 15) is 17.6 Å². The van der Waals surface area contributed by atoms with Gasteiger partial charge in [0.2, 0.25) is 11.8 Å². The monoisotopic (exact) mass is 451 g/mol. The maximum absolute atomic E-state index is 14.3. The Hall–Kier alpha value is -2.59. The fraction of sp³-hybridized carbons (Fsp3) is 0.476. The van der Waals surface area contributed by atoms with Crippen LogP contribution in [0.15, 0.2) is 29.4 Å². The van der Waals surface area contributed by atoms with Gasteiger partial charge in [-0.1, -0.05) is 6.92 Å². The lowest BCUT2D eigenvalue weighted by Gasteiger charge is -2.31. The smallest absolute Gasteiger partial charge is 0.229 e. The second-order valence-electron chi connectivity index (χ2n) is 7.56. The second-order valence-corrected chi connectivity index (χ2v) is 9.58. The summed E-state index contributed by atoms with van der Waals surface area (Å²) >= 11 is 0. The largest absolute Gasteiger partial charge is 0.474 e. The molecule has 0 aliphatic carbocycles. The fourth-order valence-electron chi connectivity index (χ4n) is 3.24. The van der Waals surface area contributed by atoms with Gasteiger partial charge in [-0.25, -0.2) is 22.8 Å². The maximum Gasteiger partial charge on any atom is 0.229 e. The number of piperidine rings is 1. The van der Waals surface area contributed by atoms with Crippen molar-refractivity contribution in [2.24, 2.45) is 0 Å². The van der Waals surface area contributed by atoms with Gasteiger partial charge in [0.15, 0.2) is 21.4 Å². The van der Waals surface area contributed by atoms with Crippen LogP contribution >= 0.6 is 0 Å². The van der Waals surface area contributed by atoms with Gasteiger partial charge in [0, 0.05) is 25.8 Å². The van der Waals surface area contributed by atoms with Gasteiger partial charge in [-0.15, -0.1) is 0 Å². The van der Waals surface area contributed by atoms with Gasteiger partial charge in [0.1, 0.15) is 18.2 Å². The number of nitrogens with zero attached hydrogens (tertiary/aromatic N) is 3. The molecule has 8 nitrogen and oxygen atoms in total. The number of rotatable bonds is 8. The van der Waals surface area contributed by atoms with Crippen LogP contribution in [0.25, 0.3) is 0 Å². The van der Waals surface area contributed by atoms with Crippen molar-refractivity contribution in [3.8, 4) is 17.5 Å². The Bertz CT molecular complexity index is 1050. The number of carbonyl (C=O) groups is 1. The lowest BCUT2D eigenvalue weighted by atomic mass is 10.1. The minimum Gasteiger partial charge on any atom is -0.474 e. The van der Waals surface area contributed by atoms with Crippen molar-refractivity contribution in [2.75, 3.05) is 25.9 Å². The Labute approximate surface area is 181 Å². The molecule has 168 valence electrons. The zero-order chi connectivity index (χ0) is 22.6. The first-order valence-electron chi connectivity index (χ1n) is 10.1.